The SMILES string of the molecule is C=CCN1C(=O)C(=CC(=O)c2ccc3c(c2)OCO3)C(=O)NC1=S. The number of hydrogen-bond acceptors (Lipinski definition) is 6. The Morgan fingerprint density at radius 3 is 2.83 bits per heavy atom. The normalized spacial score (nSPS) is 17.9. The number of hydrogen-bond donors (Lipinski definition) is 1. The Kier molecular flexibility index (Phi) is 4.13. The van der Waals surface area contributed by atoms with Crippen molar-refractivity contribution in [3.8, 4) is 11.5 Å². The Labute approximate surface area is 142 Å². The van der Waals surface area contributed by atoms with E-state index >= 15 is 0 Å². The Morgan fingerprint density at radius 1 is 1.33 bits per heavy atom. The van der Waals surface area contributed by atoms with Gasteiger partial charge in [-0.2, -0.15) is 0 Å². The van der Waals surface area contributed by atoms with Crippen LogP contribution in [0.15, 0.2) is 42.5 Å². The molecule has 8 heteroatoms. The molecule has 0 radical (unpaired) electrons. The minimum atomic E-state index is -0.709. The number of amides is 2. The molecule has 24 heavy (non-hydrogen) atoms. The van der Waals surface area contributed by atoms with Gasteiger partial charge in [0.05, 0.1) is 0 Å². The highest BCUT2D eigenvalue weighted by molar-refractivity contribution is 7.80. The van der Waals surface area contributed by atoms with Gasteiger partial charge >= 0.3 is 0 Å². The van der Waals surface area contributed by atoms with Crippen molar-refractivity contribution in [3.63, 3.8) is 0 Å². The van der Waals surface area contributed by atoms with Crippen molar-refractivity contribution in [2.45, 2.75) is 0 Å². The summed E-state index contributed by atoms with van der Waals surface area (Å²) in [6.07, 6.45) is 2.46. The molecule has 2 aliphatic rings. The molecule has 0 atom stereocenters. The topological polar surface area (TPSA) is 84.9 Å². The average Bonchev–Trinajstić information content (AvgIpc) is 3.02. The van der Waals surface area contributed by atoms with E-state index in [1.807, 2.05) is 0 Å². The Morgan fingerprint density at radius 2 is 2.08 bits per heavy atom. The molecule has 7 nitrogen and oxygen atoms in total. The molecule has 1 fully saturated rings. The second-order valence-electron chi connectivity index (χ2n) is 4.95. The fourth-order valence-electron chi connectivity index (χ4n) is 2.25. The molecule has 1 aromatic rings. The molecule has 0 bridgehead atoms. The maximum Gasteiger partial charge on any atom is 0.266 e. The Bertz CT molecular complexity index is 815. The summed E-state index contributed by atoms with van der Waals surface area (Å²) in [7, 11) is 0. The summed E-state index contributed by atoms with van der Waals surface area (Å²) in [6, 6.07) is 4.62. The minimum absolute atomic E-state index is 0.0161. The van der Waals surface area contributed by atoms with Gasteiger partial charge in [0.2, 0.25) is 6.79 Å². The van der Waals surface area contributed by atoms with Gasteiger partial charge in [-0.25, -0.2) is 0 Å². The van der Waals surface area contributed by atoms with Crippen molar-refractivity contribution < 1.29 is 23.9 Å². The number of ketones is 1. The van der Waals surface area contributed by atoms with Crippen LogP contribution < -0.4 is 14.8 Å². The van der Waals surface area contributed by atoms with Crippen molar-refractivity contribution in [1.82, 2.24) is 10.2 Å². The van der Waals surface area contributed by atoms with Gasteiger partial charge in [-0.3, -0.25) is 24.6 Å². The summed E-state index contributed by atoms with van der Waals surface area (Å²) in [5.74, 6) is -0.878. The van der Waals surface area contributed by atoms with E-state index in [0.717, 1.165) is 11.0 Å². The number of rotatable bonds is 4. The zero-order valence-electron chi connectivity index (χ0n) is 12.4. The van der Waals surface area contributed by atoms with Gasteiger partial charge in [0.1, 0.15) is 5.57 Å². The molecule has 0 unspecified atom stereocenters. The molecule has 1 N–H and O–H groups in total. The fraction of sp³-hybridized carbons (Fsp3) is 0.125. The van der Waals surface area contributed by atoms with Crippen LogP contribution in [0.2, 0.25) is 0 Å². The van der Waals surface area contributed by atoms with E-state index in [0.29, 0.717) is 11.5 Å². The van der Waals surface area contributed by atoms with E-state index in [2.05, 4.69) is 11.9 Å². The number of allylic oxidation sites excluding steroid dienone is 1. The number of fused-ring (bicyclic) bond motifs is 1. The van der Waals surface area contributed by atoms with Crippen LogP contribution in [0.3, 0.4) is 0 Å². The van der Waals surface area contributed by atoms with Crippen molar-refractivity contribution in [3.05, 3.63) is 48.1 Å². The number of carbonyl (C=O) groups excluding carboxylic acids is 3. The van der Waals surface area contributed by atoms with E-state index in [9.17, 15) is 14.4 Å². The van der Waals surface area contributed by atoms with Crippen LogP contribution in [0.1, 0.15) is 10.4 Å². The molecule has 0 spiro atoms. The number of ether oxygens (including phenoxy) is 2. The number of nitrogens with one attached hydrogen (secondary N) is 1. The quantitative estimate of drug-likeness (QED) is 0.288. The largest absolute Gasteiger partial charge is 0.454 e. The molecule has 1 saturated heterocycles. The van der Waals surface area contributed by atoms with E-state index in [4.69, 9.17) is 21.7 Å². The lowest BCUT2D eigenvalue weighted by atomic mass is 10.0. The summed E-state index contributed by atoms with van der Waals surface area (Å²) >= 11 is 4.94. The molecule has 2 amide bonds. The monoisotopic (exact) mass is 344 g/mol. The van der Waals surface area contributed by atoms with Gasteiger partial charge < -0.3 is 9.47 Å². The highest BCUT2D eigenvalue weighted by atomic mass is 32.1. The molecule has 2 heterocycles. The minimum Gasteiger partial charge on any atom is -0.454 e. The highest BCUT2D eigenvalue weighted by Crippen LogP contribution is 2.32. The predicted molar refractivity (Wildman–Crippen MR) is 87.6 cm³/mol. The lowest BCUT2D eigenvalue weighted by molar-refractivity contribution is -0.128. The van der Waals surface area contributed by atoms with Gasteiger partial charge in [0.15, 0.2) is 22.4 Å². The lowest BCUT2D eigenvalue weighted by Gasteiger charge is -2.27. The summed E-state index contributed by atoms with van der Waals surface area (Å²) in [5.41, 5.74) is -0.0103. The molecule has 0 aliphatic carbocycles. The van der Waals surface area contributed by atoms with Crippen LogP contribution in [0, 0.1) is 0 Å². The second-order valence-corrected chi connectivity index (χ2v) is 5.34. The average molecular weight is 344 g/mol. The van der Waals surface area contributed by atoms with Crippen LogP contribution in [0.25, 0.3) is 0 Å². The molecular weight excluding hydrogens is 332 g/mol. The number of benzene rings is 1. The first-order chi connectivity index (χ1) is 11.5. The summed E-state index contributed by atoms with van der Waals surface area (Å²) in [5, 5.41) is 2.36. The van der Waals surface area contributed by atoms with Crippen LogP contribution in [-0.4, -0.2) is 40.9 Å². The standard InChI is InChI=1S/C16H12N2O5S/c1-2-5-18-15(21)10(14(20)17-16(18)24)7-11(19)9-3-4-12-13(6-9)23-8-22-12/h2-4,6-7H,1,5,8H2,(H,17,20,24). The second kappa shape index (κ2) is 6.25. The smallest absolute Gasteiger partial charge is 0.266 e. The van der Waals surface area contributed by atoms with E-state index in [1.165, 1.54) is 18.2 Å². The molecule has 2 aliphatic heterocycles. The van der Waals surface area contributed by atoms with Crippen molar-refractivity contribution in [2.24, 2.45) is 0 Å². The van der Waals surface area contributed by atoms with Crippen LogP contribution in [0.5, 0.6) is 11.5 Å². The van der Waals surface area contributed by atoms with Crippen molar-refractivity contribution in [1.29, 1.82) is 0 Å². The van der Waals surface area contributed by atoms with Crippen molar-refractivity contribution >= 4 is 34.9 Å². The van der Waals surface area contributed by atoms with Gasteiger partial charge in [-0.15, -0.1) is 6.58 Å². The summed E-state index contributed by atoms with van der Waals surface area (Å²) in [6.45, 7) is 3.75. The third kappa shape index (κ3) is 2.79. The number of carbonyl (C=O) groups is 3. The molecule has 0 aromatic heterocycles. The van der Waals surface area contributed by atoms with E-state index in [1.54, 1.807) is 6.07 Å². The van der Waals surface area contributed by atoms with Crippen LogP contribution in [-0.2, 0) is 9.59 Å². The van der Waals surface area contributed by atoms with Gasteiger partial charge in [0.25, 0.3) is 11.8 Å². The fourth-order valence-corrected chi connectivity index (χ4v) is 2.50. The predicted octanol–water partition coefficient (Wildman–Crippen LogP) is 0.954. The molecule has 122 valence electrons. The summed E-state index contributed by atoms with van der Waals surface area (Å²) in [4.78, 5) is 37.9. The molecular formula is C16H12N2O5S. The molecule has 0 saturated carbocycles. The van der Waals surface area contributed by atoms with Gasteiger partial charge in [-0.1, -0.05) is 6.08 Å². The molecule has 1 aromatic carbocycles. The maximum atomic E-state index is 12.4. The highest BCUT2D eigenvalue weighted by Gasteiger charge is 2.33. The van der Waals surface area contributed by atoms with Gasteiger partial charge in [-0.05, 0) is 30.4 Å². The van der Waals surface area contributed by atoms with Gasteiger partial charge in [0, 0.05) is 18.2 Å². The van der Waals surface area contributed by atoms with Crippen LogP contribution >= 0.6 is 12.2 Å². The maximum absolute atomic E-state index is 12.4. The molecule has 3 rings (SSSR count). The first-order valence-corrected chi connectivity index (χ1v) is 7.36. The lowest BCUT2D eigenvalue weighted by Crippen LogP contribution is -2.54. The zero-order valence-corrected chi connectivity index (χ0v) is 13.2. The van der Waals surface area contributed by atoms with Crippen molar-refractivity contribution in [2.75, 3.05) is 13.3 Å². The first-order valence-electron chi connectivity index (χ1n) is 6.95. The Balaban J connectivity index is 1.89. The van der Waals surface area contributed by atoms with E-state index in [-0.39, 0.29) is 29.6 Å². The zero-order chi connectivity index (χ0) is 17.3. The third-order valence-electron chi connectivity index (χ3n) is 3.43. The Hall–Kier alpha value is -3.00. The number of thiocarbonyl (C=S) groups is 1. The number of nitrogens with zero attached hydrogens (tertiary/aromatic N) is 1. The first kappa shape index (κ1) is 15.9. The van der Waals surface area contributed by atoms with Crippen LogP contribution in [0.4, 0.5) is 0 Å². The summed E-state index contributed by atoms with van der Waals surface area (Å²) < 4.78 is 10.4. The van der Waals surface area contributed by atoms with E-state index < -0.39 is 17.6 Å². The third-order valence-corrected chi connectivity index (χ3v) is 3.75.